The molecule has 0 radical (unpaired) electrons. The second kappa shape index (κ2) is 12.3. The first-order valence-electron chi connectivity index (χ1n) is 5.47. The van der Waals surface area contributed by atoms with E-state index in [9.17, 15) is 9.90 Å². The first-order chi connectivity index (χ1) is 7.97. The van der Waals surface area contributed by atoms with Gasteiger partial charge < -0.3 is 29.7 Å². The first kappa shape index (κ1) is 22.0. The quantitative estimate of drug-likeness (QED) is 0.522. The molecule has 7 nitrogen and oxygen atoms in total. The second-order valence-corrected chi connectivity index (χ2v) is 4.50. The molecule has 1 unspecified atom stereocenters. The molecule has 0 saturated carbocycles. The molecule has 0 heterocycles. The van der Waals surface area contributed by atoms with Crippen LogP contribution in [-0.4, -0.2) is 72.1 Å². The first-order valence-corrected chi connectivity index (χ1v) is 5.47. The van der Waals surface area contributed by atoms with Crippen LogP contribution in [0, 0.1) is 0 Å². The van der Waals surface area contributed by atoms with Crippen LogP contribution in [0.5, 0.6) is 0 Å². The van der Waals surface area contributed by atoms with Crippen molar-refractivity contribution >= 4 is 11.9 Å². The van der Waals surface area contributed by atoms with E-state index in [4.69, 9.17) is 20.1 Å². The van der Waals surface area contributed by atoms with E-state index in [0.717, 1.165) is 18.0 Å². The number of aliphatic carboxylic acids is 2. The van der Waals surface area contributed by atoms with Gasteiger partial charge in [0.05, 0.1) is 39.8 Å². The highest BCUT2D eigenvalue weighted by atomic mass is 16.4. The summed E-state index contributed by atoms with van der Waals surface area (Å²) in [6.45, 7) is 3.77. The highest BCUT2D eigenvalue weighted by Crippen LogP contribution is 1.85. The smallest absolute Gasteiger partial charge is 0.300 e. The van der Waals surface area contributed by atoms with Crippen molar-refractivity contribution in [1.82, 2.24) is 0 Å². The third kappa shape index (κ3) is 36.4. The number of nitrogens with zero attached hydrogens (tertiary/aromatic N) is 1. The molecule has 0 aromatic rings. The number of aliphatic hydroxyl groups is 2. The molecule has 110 valence electrons. The lowest BCUT2D eigenvalue weighted by molar-refractivity contribution is -0.870. The molecular weight excluding hydrogens is 242 g/mol. The number of carboxylic acid groups (broad SMARTS) is 2. The van der Waals surface area contributed by atoms with Crippen LogP contribution >= 0.6 is 0 Å². The van der Waals surface area contributed by atoms with E-state index in [0.29, 0.717) is 0 Å². The molecule has 18 heavy (non-hydrogen) atoms. The van der Waals surface area contributed by atoms with Crippen molar-refractivity contribution in [2.24, 2.45) is 0 Å². The van der Waals surface area contributed by atoms with Crippen molar-refractivity contribution in [1.29, 1.82) is 0 Å². The van der Waals surface area contributed by atoms with Crippen LogP contribution in [0.1, 0.15) is 20.3 Å². The maximum absolute atomic E-state index is 9.57. The van der Waals surface area contributed by atoms with Crippen molar-refractivity contribution in [3.8, 4) is 0 Å². The molecule has 0 rings (SSSR count). The Labute approximate surface area is 108 Å². The maximum atomic E-state index is 9.57. The number of carbonyl (C=O) groups is 2. The van der Waals surface area contributed by atoms with Gasteiger partial charge in [0.1, 0.15) is 6.54 Å². The van der Waals surface area contributed by atoms with Gasteiger partial charge in [0.25, 0.3) is 5.97 Å². The fraction of sp³-hybridized carbons (Fsp3) is 0.818. The van der Waals surface area contributed by atoms with Gasteiger partial charge in [0.15, 0.2) is 0 Å². The van der Waals surface area contributed by atoms with E-state index in [2.05, 4.69) is 21.1 Å². The van der Waals surface area contributed by atoms with Crippen LogP contribution in [0.25, 0.3) is 0 Å². The monoisotopic (exact) mass is 267 g/mol. The van der Waals surface area contributed by atoms with E-state index in [1.165, 1.54) is 0 Å². The number of carbonyl (C=O) groups excluding carboxylic acids is 1. The van der Waals surface area contributed by atoms with Crippen molar-refractivity contribution in [3.63, 3.8) is 0 Å². The molecule has 0 aromatic carbocycles. The zero-order chi connectivity index (χ0) is 15.4. The van der Waals surface area contributed by atoms with E-state index in [-0.39, 0.29) is 13.0 Å². The van der Waals surface area contributed by atoms with E-state index >= 15 is 0 Å². The Kier molecular flexibility index (Phi) is 15.0. The average molecular weight is 267 g/mol. The summed E-state index contributed by atoms with van der Waals surface area (Å²) in [5.41, 5.74) is 0. The minimum absolute atomic E-state index is 0.211. The lowest BCUT2D eigenvalue weighted by Crippen LogP contribution is -2.36. The Morgan fingerprint density at radius 3 is 1.61 bits per heavy atom. The minimum atomic E-state index is -1.40. The molecule has 0 aliphatic heterocycles. The van der Waals surface area contributed by atoms with Crippen molar-refractivity contribution in [2.75, 3.05) is 34.3 Å². The molecule has 0 fully saturated rings. The number of carboxylic acids is 2. The Hall–Kier alpha value is -1.18. The van der Waals surface area contributed by atoms with E-state index in [1.54, 1.807) is 6.92 Å². The van der Waals surface area contributed by atoms with Gasteiger partial charge in [-0.1, -0.05) is 6.92 Å². The standard InChI is InChI=1S/C5H14NO.C4H8O3.C2H4O2/c1-6(2,3)4-5-7;1-2-3(5)4(6)7;1-2(3)4/h7H,4-5H2,1-3H3;3,5H,2H2,1H3,(H,6,7);1H3,(H,3,4)/q+1;;/p-1. The minimum Gasteiger partial charge on any atom is -0.547 e. The van der Waals surface area contributed by atoms with Gasteiger partial charge in [-0.3, -0.25) is 4.79 Å². The number of aliphatic hydroxyl groups excluding tert-OH is 2. The van der Waals surface area contributed by atoms with Gasteiger partial charge in [0.2, 0.25) is 0 Å². The normalized spacial score (nSPS) is 11.3. The summed E-state index contributed by atoms with van der Waals surface area (Å²) in [5.74, 6) is -2.23. The third-order valence-electron chi connectivity index (χ3n) is 1.43. The Morgan fingerprint density at radius 1 is 1.28 bits per heavy atom. The summed E-state index contributed by atoms with van der Waals surface area (Å²) < 4.78 is 0.844. The molecule has 0 aromatic heterocycles. The fourth-order valence-electron chi connectivity index (χ4n) is 0.467. The van der Waals surface area contributed by atoms with Crippen LogP contribution in [0.4, 0.5) is 0 Å². The van der Waals surface area contributed by atoms with Crippen LogP contribution in [0.3, 0.4) is 0 Å². The molecule has 7 heteroatoms. The second-order valence-electron chi connectivity index (χ2n) is 4.50. The fourth-order valence-corrected chi connectivity index (χ4v) is 0.467. The van der Waals surface area contributed by atoms with Gasteiger partial charge >= 0.3 is 0 Å². The number of likely N-dealkylation sites (N-methyl/N-ethyl adjacent to an activating group) is 1. The van der Waals surface area contributed by atoms with Crippen molar-refractivity contribution in [2.45, 2.75) is 26.4 Å². The Bertz CT molecular complexity index is 220. The van der Waals surface area contributed by atoms with Crippen LogP contribution in [0.2, 0.25) is 0 Å². The molecular formula is C11H25NO6. The third-order valence-corrected chi connectivity index (χ3v) is 1.43. The summed E-state index contributed by atoms with van der Waals surface area (Å²) >= 11 is 0. The van der Waals surface area contributed by atoms with Gasteiger partial charge in [-0.05, 0) is 6.42 Å². The molecule has 0 amide bonds. The topological polar surface area (TPSA) is 118 Å². The summed E-state index contributed by atoms with van der Waals surface area (Å²) in [4.78, 5) is 18.6. The number of rotatable bonds is 4. The van der Waals surface area contributed by atoms with E-state index in [1.807, 2.05) is 0 Å². The Morgan fingerprint density at radius 2 is 1.61 bits per heavy atom. The summed E-state index contributed by atoms with van der Waals surface area (Å²) in [6, 6.07) is 0. The Balaban J connectivity index is -0.000000196. The molecule has 1 atom stereocenters. The molecule has 0 saturated heterocycles. The number of quaternary nitrogens is 1. The largest absolute Gasteiger partial charge is 0.547 e. The molecule has 3 N–H and O–H groups in total. The van der Waals surface area contributed by atoms with Gasteiger partial charge in [0, 0.05) is 6.92 Å². The SMILES string of the molecule is CC(=O)O.CCC(O)C(=O)[O-].C[N+](C)(C)CCO. The predicted molar refractivity (Wildman–Crippen MR) is 64.6 cm³/mol. The molecule has 0 aliphatic carbocycles. The summed E-state index contributed by atoms with van der Waals surface area (Å²) in [6.07, 6.45) is -1.08. The highest BCUT2D eigenvalue weighted by molar-refractivity contribution is 5.69. The molecule has 0 aliphatic rings. The maximum Gasteiger partial charge on any atom is 0.300 e. The number of hydrogen-bond donors (Lipinski definition) is 3. The molecule has 0 bridgehead atoms. The predicted octanol–water partition coefficient (Wildman–Crippen LogP) is -1.72. The zero-order valence-corrected chi connectivity index (χ0v) is 11.7. The van der Waals surface area contributed by atoms with Crippen LogP contribution in [0.15, 0.2) is 0 Å². The number of hydrogen-bond acceptors (Lipinski definition) is 5. The average Bonchev–Trinajstić information content (AvgIpc) is 2.14. The summed E-state index contributed by atoms with van der Waals surface area (Å²) in [7, 11) is 6.16. The summed E-state index contributed by atoms with van der Waals surface area (Å²) in [5, 5.41) is 33.6. The molecule has 0 spiro atoms. The lowest BCUT2D eigenvalue weighted by atomic mass is 10.3. The van der Waals surface area contributed by atoms with Crippen molar-refractivity contribution < 1.29 is 34.5 Å². The van der Waals surface area contributed by atoms with E-state index < -0.39 is 18.0 Å². The van der Waals surface area contributed by atoms with Gasteiger partial charge in [-0.25, -0.2) is 0 Å². The van der Waals surface area contributed by atoms with Gasteiger partial charge in [-0.15, -0.1) is 0 Å². The van der Waals surface area contributed by atoms with Gasteiger partial charge in [-0.2, -0.15) is 0 Å². The highest BCUT2D eigenvalue weighted by Gasteiger charge is 2.02. The zero-order valence-electron chi connectivity index (χ0n) is 11.7. The van der Waals surface area contributed by atoms with Crippen molar-refractivity contribution in [3.05, 3.63) is 0 Å². The van der Waals surface area contributed by atoms with Crippen LogP contribution < -0.4 is 5.11 Å². The lowest BCUT2D eigenvalue weighted by Gasteiger charge is -2.21. The van der Waals surface area contributed by atoms with Crippen LogP contribution in [-0.2, 0) is 9.59 Å².